The number of piperidine rings is 1. The van der Waals surface area contributed by atoms with E-state index in [-0.39, 0.29) is 23.9 Å². The van der Waals surface area contributed by atoms with Gasteiger partial charge in [-0.3, -0.25) is 19.0 Å². The van der Waals surface area contributed by atoms with Gasteiger partial charge in [-0.25, -0.2) is 4.98 Å². The van der Waals surface area contributed by atoms with Crippen LogP contribution in [-0.4, -0.2) is 39.4 Å². The van der Waals surface area contributed by atoms with Crippen molar-refractivity contribution < 1.29 is 9.59 Å². The normalized spacial score (nSPS) is 16.5. The summed E-state index contributed by atoms with van der Waals surface area (Å²) in [6, 6.07) is 6.86. The van der Waals surface area contributed by atoms with Crippen LogP contribution in [-0.2, 0) is 11.3 Å². The summed E-state index contributed by atoms with van der Waals surface area (Å²) in [4.78, 5) is 45.6. The maximum absolute atomic E-state index is 13.1. The van der Waals surface area contributed by atoms with Gasteiger partial charge in [-0.15, -0.1) is 11.3 Å². The minimum absolute atomic E-state index is 0.0478. The van der Waals surface area contributed by atoms with E-state index in [0.29, 0.717) is 43.8 Å². The number of aryl methyl sites for hydroxylation is 1. The van der Waals surface area contributed by atoms with E-state index in [2.05, 4.69) is 17.2 Å². The fourth-order valence-electron chi connectivity index (χ4n) is 3.90. The van der Waals surface area contributed by atoms with Crippen LogP contribution in [0.5, 0.6) is 0 Å². The summed E-state index contributed by atoms with van der Waals surface area (Å²) in [5.41, 5.74) is 0.825. The van der Waals surface area contributed by atoms with Crippen LogP contribution in [0.1, 0.15) is 35.0 Å². The van der Waals surface area contributed by atoms with Gasteiger partial charge in [0.2, 0.25) is 5.91 Å². The molecule has 1 aliphatic rings. The standard InChI is InChI=1S/C22H23ClN4O3S/c1-13-5-4-8-26(10-13)17(28)11-27-12-24-21-18(22(27)30)14(2)19(31-21)20(29)25-16-7-3-6-15(23)9-16/h3,6-7,9,12-13H,4-5,8,10-11H2,1-2H3,(H,25,29)/t13-/m1/s1. The second kappa shape index (κ2) is 8.80. The third kappa shape index (κ3) is 4.50. The maximum Gasteiger partial charge on any atom is 0.266 e. The molecule has 9 heteroatoms. The van der Waals surface area contributed by atoms with Crippen LogP contribution in [0.4, 0.5) is 5.69 Å². The number of rotatable bonds is 4. The third-order valence-electron chi connectivity index (χ3n) is 5.52. The van der Waals surface area contributed by atoms with Crippen LogP contribution >= 0.6 is 22.9 Å². The lowest BCUT2D eigenvalue weighted by atomic mass is 10.0. The second-order valence-corrected chi connectivity index (χ2v) is 9.40. The van der Waals surface area contributed by atoms with Gasteiger partial charge in [0.05, 0.1) is 16.6 Å². The molecule has 3 aromatic rings. The monoisotopic (exact) mass is 458 g/mol. The Kier molecular flexibility index (Phi) is 6.11. The first-order chi connectivity index (χ1) is 14.8. The first-order valence-corrected chi connectivity index (χ1v) is 11.4. The fourth-order valence-corrected chi connectivity index (χ4v) is 5.13. The molecule has 0 radical (unpaired) electrons. The number of aromatic nitrogens is 2. The number of carbonyl (C=O) groups is 2. The summed E-state index contributed by atoms with van der Waals surface area (Å²) in [7, 11) is 0. The molecule has 3 heterocycles. The molecule has 1 aromatic carbocycles. The first kappa shape index (κ1) is 21.5. The van der Waals surface area contributed by atoms with Crippen molar-refractivity contribution in [2.24, 2.45) is 5.92 Å². The molecule has 1 aliphatic heterocycles. The van der Waals surface area contributed by atoms with E-state index in [1.807, 2.05) is 4.90 Å². The first-order valence-electron chi connectivity index (χ1n) is 10.2. The zero-order valence-corrected chi connectivity index (χ0v) is 18.9. The number of benzene rings is 1. The number of likely N-dealkylation sites (tertiary alicyclic amines) is 1. The molecule has 1 fully saturated rings. The van der Waals surface area contributed by atoms with Crippen molar-refractivity contribution >= 4 is 50.7 Å². The number of halogens is 1. The molecule has 1 saturated heterocycles. The van der Waals surface area contributed by atoms with Gasteiger partial charge in [0, 0.05) is 23.8 Å². The number of fused-ring (bicyclic) bond motifs is 1. The highest BCUT2D eigenvalue weighted by molar-refractivity contribution is 7.20. The molecule has 2 aromatic heterocycles. The predicted octanol–water partition coefficient (Wildman–Crippen LogP) is 3.93. The molecule has 2 amide bonds. The van der Waals surface area contributed by atoms with Crippen LogP contribution in [0.25, 0.3) is 10.2 Å². The summed E-state index contributed by atoms with van der Waals surface area (Å²) in [5.74, 6) is 0.0587. The number of hydrogen-bond acceptors (Lipinski definition) is 5. The van der Waals surface area contributed by atoms with E-state index >= 15 is 0 Å². The Balaban J connectivity index is 1.59. The molecule has 0 bridgehead atoms. The minimum Gasteiger partial charge on any atom is -0.341 e. The Morgan fingerprint density at radius 1 is 1.35 bits per heavy atom. The maximum atomic E-state index is 13.1. The average molecular weight is 459 g/mol. The van der Waals surface area contributed by atoms with Gasteiger partial charge in [-0.05, 0) is 49.4 Å². The van der Waals surface area contributed by atoms with Crippen LogP contribution in [0.15, 0.2) is 35.4 Å². The van der Waals surface area contributed by atoms with Gasteiger partial charge in [-0.1, -0.05) is 24.6 Å². The van der Waals surface area contributed by atoms with E-state index in [9.17, 15) is 14.4 Å². The highest BCUT2D eigenvalue weighted by atomic mass is 35.5. The van der Waals surface area contributed by atoms with Crippen molar-refractivity contribution in [2.75, 3.05) is 18.4 Å². The van der Waals surface area contributed by atoms with E-state index in [1.54, 1.807) is 31.2 Å². The van der Waals surface area contributed by atoms with E-state index in [4.69, 9.17) is 11.6 Å². The van der Waals surface area contributed by atoms with Gasteiger partial charge < -0.3 is 10.2 Å². The average Bonchev–Trinajstić information content (AvgIpc) is 3.07. The van der Waals surface area contributed by atoms with Gasteiger partial charge >= 0.3 is 0 Å². The Labute approximate surface area is 188 Å². The van der Waals surface area contributed by atoms with Gasteiger partial charge in [-0.2, -0.15) is 0 Å². The topological polar surface area (TPSA) is 84.3 Å². The smallest absolute Gasteiger partial charge is 0.266 e. The van der Waals surface area contributed by atoms with Crippen LogP contribution in [0, 0.1) is 12.8 Å². The van der Waals surface area contributed by atoms with Crippen molar-refractivity contribution in [3.8, 4) is 0 Å². The summed E-state index contributed by atoms with van der Waals surface area (Å²) < 4.78 is 1.34. The van der Waals surface area contributed by atoms with Crippen LogP contribution in [0.2, 0.25) is 5.02 Å². The highest BCUT2D eigenvalue weighted by Gasteiger charge is 2.23. The summed E-state index contributed by atoms with van der Waals surface area (Å²) in [5, 5.41) is 3.70. The van der Waals surface area contributed by atoms with E-state index < -0.39 is 0 Å². The third-order valence-corrected chi connectivity index (χ3v) is 6.96. The second-order valence-electron chi connectivity index (χ2n) is 7.97. The lowest BCUT2D eigenvalue weighted by Gasteiger charge is -2.31. The number of hydrogen-bond donors (Lipinski definition) is 1. The van der Waals surface area contributed by atoms with Crippen LogP contribution in [0.3, 0.4) is 0 Å². The number of thiophene rings is 1. The molecule has 162 valence electrons. The fraction of sp³-hybridized carbons (Fsp3) is 0.364. The molecular formula is C22H23ClN4O3S. The highest BCUT2D eigenvalue weighted by Crippen LogP contribution is 2.28. The molecule has 7 nitrogen and oxygen atoms in total. The lowest BCUT2D eigenvalue weighted by Crippen LogP contribution is -2.42. The summed E-state index contributed by atoms with van der Waals surface area (Å²) in [6.07, 6.45) is 3.49. The van der Waals surface area contributed by atoms with E-state index in [1.165, 1.54) is 10.9 Å². The molecule has 0 unspecified atom stereocenters. The van der Waals surface area contributed by atoms with Crippen molar-refractivity contribution in [1.29, 1.82) is 0 Å². The number of nitrogens with one attached hydrogen (secondary N) is 1. The molecule has 1 atom stereocenters. The zero-order valence-electron chi connectivity index (χ0n) is 17.4. The SMILES string of the molecule is Cc1c(C(=O)Nc2cccc(Cl)c2)sc2ncn(CC(=O)N3CCC[C@@H](C)C3)c(=O)c12. The van der Waals surface area contributed by atoms with Crippen molar-refractivity contribution in [2.45, 2.75) is 33.2 Å². The molecule has 0 spiro atoms. The molecule has 31 heavy (non-hydrogen) atoms. The molecule has 0 saturated carbocycles. The Bertz CT molecular complexity index is 1220. The summed E-state index contributed by atoms with van der Waals surface area (Å²) in [6.45, 7) is 5.25. The quantitative estimate of drug-likeness (QED) is 0.642. The number of amides is 2. The van der Waals surface area contributed by atoms with Gasteiger partial charge in [0.25, 0.3) is 11.5 Å². The van der Waals surface area contributed by atoms with Crippen molar-refractivity contribution in [1.82, 2.24) is 14.5 Å². The number of nitrogens with zero attached hydrogens (tertiary/aromatic N) is 3. The predicted molar refractivity (Wildman–Crippen MR) is 123 cm³/mol. The molecule has 1 N–H and O–H groups in total. The number of carbonyl (C=O) groups excluding carboxylic acids is 2. The van der Waals surface area contributed by atoms with Crippen molar-refractivity contribution in [3.05, 3.63) is 56.4 Å². The molecule has 4 rings (SSSR count). The van der Waals surface area contributed by atoms with E-state index in [0.717, 1.165) is 30.7 Å². The minimum atomic E-state index is -0.327. The molecule has 0 aliphatic carbocycles. The number of anilines is 1. The Morgan fingerprint density at radius 2 is 2.16 bits per heavy atom. The van der Waals surface area contributed by atoms with Crippen molar-refractivity contribution in [3.63, 3.8) is 0 Å². The molecular weight excluding hydrogens is 436 g/mol. The van der Waals surface area contributed by atoms with Gasteiger partial charge in [0.1, 0.15) is 11.4 Å². The largest absolute Gasteiger partial charge is 0.341 e. The van der Waals surface area contributed by atoms with Crippen LogP contribution < -0.4 is 10.9 Å². The Hall–Kier alpha value is -2.71. The lowest BCUT2D eigenvalue weighted by molar-refractivity contribution is -0.133. The van der Waals surface area contributed by atoms with Gasteiger partial charge in [0.15, 0.2) is 0 Å². The Morgan fingerprint density at radius 3 is 2.90 bits per heavy atom. The zero-order chi connectivity index (χ0) is 22.1. The summed E-state index contributed by atoms with van der Waals surface area (Å²) >= 11 is 7.14.